The number of aromatic nitrogens is 4. The van der Waals surface area contributed by atoms with E-state index in [0.29, 0.717) is 16.4 Å². The maximum absolute atomic E-state index is 12.2. The number of nitrogens with one attached hydrogen (secondary N) is 1. The van der Waals surface area contributed by atoms with E-state index in [1.165, 1.54) is 18.7 Å². The summed E-state index contributed by atoms with van der Waals surface area (Å²) in [4.78, 5) is 26.8. The zero-order valence-corrected chi connectivity index (χ0v) is 12.7. The van der Waals surface area contributed by atoms with Gasteiger partial charge in [-0.3, -0.25) is 9.59 Å². The molecule has 0 saturated heterocycles. The third-order valence-corrected chi connectivity index (χ3v) is 4.10. The predicted molar refractivity (Wildman–Crippen MR) is 76.3 cm³/mol. The normalized spacial score (nSPS) is 10.8. The third kappa shape index (κ3) is 2.67. The quantitative estimate of drug-likeness (QED) is 0.673. The van der Waals surface area contributed by atoms with Crippen LogP contribution in [-0.2, 0) is 7.05 Å². The van der Waals surface area contributed by atoms with Gasteiger partial charge in [0.1, 0.15) is 6.33 Å². The van der Waals surface area contributed by atoms with Gasteiger partial charge in [0.25, 0.3) is 0 Å². The van der Waals surface area contributed by atoms with Crippen LogP contribution < -0.4 is 0 Å². The van der Waals surface area contributed by atoms with Gasteiger partial charge in [0.2, 0.25) is 0 Å². The predicted octanol–water partition coefficient (Wildman–Crippen LogP) is 1.94. The lowest BCUT2D eigenvalue weighted by molar-refractivity contribution is 0.101. The Bertz CT molecular complexity index is 672. The molecule has 2 rings (SSSR count). The maximum Gasteiger partial charge on any atom is 0.191 e. The Labute approximate surface area is 121 Å². The van der Waals surface area contributed by atoms with E-state index in [-0.39, 0.29) is 17.3 Å². The van der Waals surface area contributed by atoms with Crippen molar-refractivity contribution in [1.29, 1.82) is 0 Å². The summed E-state index contributed by atoms with van der Waals surface area (Å²) in [5.74, 6) is 0.173. The zero-order valence-electron chi connectivity index (χ0n) is 11.9. The highest BCUT2D eigenvalue weighted by Gasteiger charge is 2.20. The number of carbonyl (C=O) groups excluding carboxylic acids is 2. The van der Waals surface area contributed by atoms with Crippen molar-refractivity contribution in [3.05, 3.63) is 28.8 Å². The summed E-state index contributed by atoms with van der Waals surface area (Å²) in [7, 11) is 1.82. The molecule has 6 nitrogen and oxygen atoms in total. The van der Waals surface area contributed by atoms with Gasteiger partial charge in [-0.05, 0) is 26.3 Å². The molecule has 20 heavy (non-hydrogen) atoms. The lowest BCUT2D eigenvalue weighted by atomic mass is 10.1. The molecule has 0 unspecified atom stereocenters. The zero-order chi connectivity index (χ0) is 14.9. The molecule has 2 heterocycles. The average molecular weight is 292 g/mol. The third-order valence-electron chi connectivity index (χ3n) is 3.07. The highest BCUT2D eigenvalue weighted by Crippen LogP contribution is 2.21. The first-order chi connectivity index (χ1) is 9.41. The van der Waals surface area contributed by atoms with E-state index in [4.69, 9.17) is 0 Å². The average Bonchev–Trinajstić information content (AvgIpc) is 2.90. The molecular weight excluding hydrogens is 276 g/mol. The molecule has 0 radical (unpaired) electrons. The molecule has 0 aliphatic rings. The van der Waals surface area contributed by atoms with Gasteiger partial charge >= 0.3 is 0 Å². The van der Waals surface area contributed by atoms with Crippen molar-refractivity contribution in [1.82, 2.24) is 19.7 Å². The van der Waals surface area contributed by atoms with Crippen LogP contribution in [0.4, 0.5) is 0 Å². The fourth-order valence-corrected chi connectivity index (χ4v) is 2.92. The number of hydrogen-bond donors (Lipinski definition) is 1. The Morgan fingerprint density at radius 3 is 2.60 bits per heavy atom. The van der Waals surface area contributed by atoms with Gasteiger partial charge in [-0.15, -0.1) is 10.2 Å². The topological polar surface area (TPSA) is 80.6 Å². The molecule has 0 atom stereocenters. The standard InChI is InChI=1S/C13H16N4O2S/c1-7-11(9(3)18)8(2)15-12(7)10(19)5-20-13-16-14-6-17(13)4/h6,15H,5H2,1-4H3. The van der Waals surface area contributed by atoms with E-state index in [1.54, 1.807) is 24.7 Å². The summed E-state index contributed by atoms with van der Waals surface area (Å²) in [6, 6.07) is 0. The van der Waals surface area contributed by atoms with Gasteiger partial charge in [0, 0.05) is 18.3 Å². The van der Waals surface area contributed by atoms with E-state index < -0.39 is 0 Å². The number of aromatic amines is 1. The second kappa shape index (κ2) is 5.62. The first-order valence-corrected chi connectivity index (χ1v) is 7.10. The molecule has 0 amide bonds. The number of aryl methyl sites for hydroxylation is 2. The first kappa shape index (κ1) is 14.5. The van der Waals surface area contributed by atoms with Gasteiger partial charge in [0.15, 0.2) is 16.7 Å². The Balaban J connectivity index is 2.16. The number of nitrogens with zero attached hydrogens (tertiary/aromatic N) is 3. The van der Waals surface area contributed by atoms with Crippen molar-refractivity contribution in [2.75, 3.05) is 5.75 Å². The van der Waals surface area contributed by atoms with Crippen LogP contribution in [0.1, 0.15) is 39.0 Å². The van der Waals surface area contributed by atoms with Crippen LogP contribution in [0, 0.1) is 13.8 Å². The molecule has 0 bridgehead atoms. The van der Waals surface area contributed by atoms with Crippen LogP contribution in [-0.4, -0.2) is 37.1 Å². The van der Waals surface area contributed by atoms with E-state index in [2.05, 4.69) is 15.2 Å². The molecule has 0 aromatic carbocycles. The van der Waals surface area contributed by atoms with Gasteiger partial charge in [-0.1, -0.05) is 11.8 Å². The van der Waals surface area contributed by atoms with Gasteiger partial charge < -0.3 is 9.55 Å². The Morgan fingerprint density at radius 2 is 2.10 bits per heavy atom. The summed E-state index contributed by atoms with van der Waals surface area (Å²) in [6.45, 7) is 5.10. The molecule has 0 aliphatic heterocycles. The lowest BCUT2D eigenvalue weighted by Gasteiger charge is -2.01. The summed E-state index contributed by atoms with van der Waals surface area (Å²) in [5.41, 5.74) is 2.57. The maximum atomic E-state index is 12.2. The minimum atomic E-state index is -0.0499. The minimum Gasteiger partial charge on any atom is -0.355 e. The number of Topliss-reactive ketones (excluding diaryl/α,β-unsaturated/α-hetero) is 2. The molecule has 0 aliphatic carbocycles. The largest absolute Gasteiger partial charge is 0.355 e. The van der Waals surface area contributed by atoms with Gasteiger partial charge in [-0.2, -0.15) is 0 Å². The molecule has 0 fully saturated rings. The highest BCUT2D eigenvalue weighted by atomic mass is 32.2. The number of ketones is 2. The SMILES string of the molecule is CC(=O)c1c(C)[nH]c(C(=O)CSc2nncn2C)c1C. The van der Waals surface area contributed by atoms with Crippen LogP contribution in [0.15, 0.2) is 11.5 Å². The monoisotopic (exact) mass is 292 g/mol. The van der Waals surface area contributed by atoms with Crippen molar-refractivity contribution < 1.29 is 9.59 Å². The fourth-order valence-electron chi connectivity index (χ4n) is 2.16. The van der Waals surface area contributed by atoms with E-state index in [9.17, 15) is 9.59 Å². The second-order valence-electron chi connectivity index (χ2n) is 4.62. The van der Waals surface area contributed by atoms with Crippen LogP contribution in [0.2, 0.25) is 0 Å². The van der Waals surface area contributed by atoms with Gasteiger partial charge in [0.05, 0.1) is 11.4 Å². The number of hydrogen-bond acceptors (Lipinski definition) is 5. The van der Waals surface area contributed by atoms with Crippen LogP contribution in [0.3, 0.4) is 0 Å². The highest BCUT2D eigenvalue weighted by molar-refractivity contribution is 7.99. The number of rotatable bonds is 5. The van der Waals surface area contributed by atoms with Crippen LogP contribution in [0.5, 0.6) is 0 Å². The minimum absolute atomic E-state index is 0.0312. The van der Waals surface area contributed by atoms with Crippen molar-refractivity contribution in [3.8, 4) is 0 Å². The van der Waals surface area contributed by atoms with Crippen molar-refractivity contribution in [2.45, 2.75) is 25.9 Å². The van der Waals surface area contributed by atoms with Crippen molar-refractivity contribution in [3.63, 3.8) is 0 Å². The summed E-state index contributed by atoms with van der Waals surface area (Å²) in [5, 5.41) is 8.36. The van der Waals surface area contributed by atoms with E-state index >= 15 is 0 Å². The number of H-pyrrole nitrogens is 1. The van der Waals surface area contributed by atoms with E-state index in [0.717, 1.165) is 11.3 Å². The van der Waals surface area contributed by atoms with Crippen molar-refractivity contribution >= 4 is 23.3 Å². The van der Waals surface area contributed by atoms with E-state index in [1.807, 2.05) is 7.05 Å². The molecule has 1 N–H and O–H groups in total. The Kier molecular flexibility index (Phi) is 4.08. The lowest BCUT2D eigenvalue weighted by Crippen LogP contribution is -2.06. The summed E-state index contributed by atoms with van der Waals surface area (Å²) >= 11 is 1.32. The molecule has 106 valence electrons. The summed E-state index contributed by atoms with van der Waals surface area (Å²) < 4.78 is 1.76. The molecule has 7 heteroatoms. The molecule has 2 aromatic heterocycles. The molecule has 0 spiro atoms. The Hall–Kier alpha value is -1.89. The van der Waals surface area contributed by atoms with Gasteiger partial charge in [-0.25, -0.2) is 0 Å². The van der Waals surface area contributed by atoms with Crippen LogP contribution >= 0.6 is 11.8 Å². The first-order valence-electron chi connectivity index (χ1n) is 6.12. The van der Waals surface area contributed by atoms with Crippen molar-refractivity contribution in [2.24, 2.45) is 7.05 Å². The fraction of sp³-hybridized carbons (Fsp3) is 0.385. The molecular formula is C13H16N4O2S. The number of thioether (sulfide) groups is 1. The summed E-state index contributed by atoms with van der Waals surface area (Å²) in [6.07, 6.45) is 1.59. The second-order valence-corrected chi connectivity index (χ2v) is 5.56. The number of carbonyl (C=O) groups is 2. The molecule has 0 saturated carbocycles. The smallest absolute Gasteiger partial charge is 0.191 e. The van der Waals surface area contributed by atoms with Crippen LogP contribution in [0.25, 0.3) is 0 Å². The molecule has 2 aromatic rings. The Morgan fingerprint density at radius 1 is 1.40 bits per heavy atom.